The molecule has 2 aliphatic heterocycles. The summed E-state index contributed by atoms with van der Waals surface area (Å²) in [5, 5.41) is 4.96. The van der Waals surface area contributed by atoms with Crippen molar-refractivity contribution in [3.05, 3.63) is 306 Å². The number of hydrogen-bond donors (Lipinski definition) is 0. The summed E-state index contributed by atoms with van der Waals surface area (Å²) in [5.74, 6) is 0. The molecule has 114 heavy (non-hydrogen) atoms. The minimum atomic E-state index is -0.234. The first-order chi connectivity index (χ1) is 53.9. The Labute approximate surface area is 679 Å². The lowest BCUT2D eigenvalue weighted by Crippen LogP contribution is -2.61. The number of aromatic nitrogens is 2. The van der Waals surface area contributed by atoms with Crippen molar-refractivity contribution in [1.82, 2.24) is 9.13 Å². The third-order valence-electron chi connectivity index (χ3n) is 24.0. The van der Waals surface area contributed by atoms with Crippen molar-refractivity contribution >= 4 is 101 Å². The van der Waals surface area contributed by atoms with E-state index >= 15 is 0 Å². The molecule has 0 aliphatic carbocycles. The number of para-hydroxylation sites is 4. The van der Waals surface area contributed by atoms with Gasteiger partial charge in [0.2, 0.25) is 0 Å². The highest BCUT2D eigenvalue weighted by Gasteiger charge is 2.46. The van der Waals surface area contributed by atoms with Gasteiger partial charge in [-0.1, -0.05) is 327 Å². The Balaban J connectivity index is 1.07. The van der Waals surface area contributed by atoms with E-state index in [0.717, 1.165) is 53.4 Å². The fourth-order valence-corrected chi connectivity index (χ4v) is 18.6. The second-order valence-electron chi connectivity index (χ2n) is 41.0. The summed E-state index contributed by atoms with van der Waals surface area (Å²) in [6, 6.07) is 105. The fraction of sp³-hybridized carbons (Fsp3) is 0.284. The van der Waals surface area contributed by atoms with E-state index in [-0.39, 0.29) is 44.6 Å². The van der Waals surface area contributed by atoms with Gasteiger partial charge in [0.05, 0.1) is 33.4 Å². The lowest BCUT2D eigenvalue weighted by atomic mass is 9.33. The number of fused-ring (bicyclic) bond motifs is 10. The average molecular weight is 1490 g/mol. The predicted molar refractivity (Wildman–Crippen MR) is 495 cm³/mol. The number of benzene rings is 13. The first kappa shape index (κ1) is 75.8. The third-order valence-corrected chi connectivity index (χ3v) is 24.0. The van der Waals surface area contributed by atoms with Gasteiger partial charge in [0.25, 0.3) is 6.71 Å². The molecule has 0 N–H and O–H groups in total. The molecule has 2 aromatic heterocycles. The lowest BCUT2D eigenvalue weighted by molar-refractivity contribution is 0.411. The molecule has 2 aliphatic rings. The Bertz CT molecular complexity index is 5850. The number of hydrogen-bond acceptors (Lipinski definition) is 2. The van der Waals surface area contributed by atoms with Crippen LogP contribution in [0.15, 0.2) is 267 Å². The molecule has 0 atom stereocenters. The molecule has 572 valence electrons. The largest absolute Gasteiger partial charge is 0.311 e. The van der Waals surface area contributed by atoms with Crippen LogP contribution in [0.2, 0.25) is 0 Å². The molecule has 0 saturated heterocycles. The summed E-state index contributed by atoms with van der Waals surface area (Å²) in [4.78, 5) is 5.56. The molecule has 0 radical (unpaired) electrons. The van der Waals surface area contributed by atoms with Gasteiger partial charge in [-0.2, -0.15) is 0 Å². The van der Waals surface area contributed by atoms with Gasteiger partial charge in [-0.15, -0.1) is 0 Å². The highest BCUT2D eigenvalue weighted by Crippen LogP contribution is 2.54. The van der Waals surface area contributed by atoms with Gasteiger partial charge in [-0.25, -0.2) is 0 Å². The van der Waals surface area contributed by atoms with Crippen molar-refractivity contribution in [1.29, 1.82) is 0 Å². The van der Waals surface area contributed by atoms with Gasteiger partial charge < -0.3 is 18.9 Å². The molecule has 13 aromatic carbocycles. The van der Waals surface area contributed by atoms with Crippen LogP contribution in [0.25, 0.3) is 99.5 Å². The zero-order valence-electron chi connectivity index (χ0n) is 71.4. The minimum Gasteiger partial charge on any atom is -0.311 e. The molecular formula is C109H113BN4. The zero-order valence-corrected chi connectivity index (χ0v) is 71.4. The van der Waals surface area contributed by atoms with Crippen LogP contribution < -0.4 is 26.2 Å². The van der Waals surface area contributed by atoms with Crippen molar-refractivity contribution in [2.24, 2.45) is 16.2 Å². The second-order valence-corrected chi connectivity index (χ2v) is 41.0. The van der Waals surface area contributed by atoms with Crippen molar-refractivity contribution in [2.45, 2.75) is 186 Å². The van der Waals surface area contributed by atoms with Gasteiger partial charge in [0.1, 0.15) is 0 Å². The topological polar surface area (TPSA) is 16.3 Å². The van der Waals surface area contributed by atoms with Gasteiger partial charge >= 0.3 is 0 Å². The monoisotopic (exact) mass is 1490 g/mol. The quantitative estimate of drug-likeness (QED) is 0.120. The van der Waals surface area contributed by atoms with E-state index in [2.05, 4.69) is 431 Å². The van der Waals surface area contributed by atoms with Gasteiger partial charge in [0.15, 0.2) is 0 Å². The molecule has 15 aromatic rings. The van der Waals surface area contributed by atoms with E-state index in [4.69, 9.17) is 0 Å². The van der Waals surface area contributed by atoms with Crippen LogP contribution in [-0.2, 0) is 40.9 Å². The van der Waals surface area contributed by atoms with Gasteiger partial charge in [0, 0.05) is 66.8 Å². The smallest absolute Gasteiger partial charge is 0.252 e. The maximum Gasteiger partial charge on any atom is 0.252 e. The number of nitrogens with zero attached hydrogens (tertiary/aromatic N) is 4. The van der Waals surface area contributed by atoms with E-state index in [1.54, 1.807) is 0 Å². The summed E-state index contributed by atoms with van der Waals surface area (Å²) < 4.78 is 5.07. The second kappa shape index (κ2) is 27.4. The maximum atomic E-state index is 2.78. The molecular weight excluding hydrogens is 1380 g/mol. The van der Waals surface area contributed by atoms with E-state index < -0.39 is 0 Å². The Hall–Kier alpha value is -10.9. The number of rotatable bonds is 11. The first-order valence-electron chi connectivity index (χ1n) is 41.7. The molecule has 0 unspecified atom stereocenters. The zero-order chi connectivity index (χ0) is 80.3. The summed E-state index contributed by atoms with van der Waals surface area (Å²) in [5.41, 5.74) is 36.2. The van der Waals surface area contributed by atoms with Crippen molar-refractivity contribution in [3.63, 3.8) is 0 Å². The van der Waals surface area contributed by atoms with E-state index in [0.29, 0.717) is 0 Å². The predicted octanol–water partition coefficient (Wildman–Crippen LogP) is 28.6. The van der Waals surface area contributed by atoms with Crippen LogP contribution in [0.1, 0.15) is 184 Å². The summed E-state index contributed by atoms with van der Waals surface area (Å²) in [6.07, 6.45) is 2.58. The van der Waals surface area contributed by atoms with Gasteiger partial charge in [-0.3, -0.25) is 0 Å². The average Bonchev–Trinajstić information content (AvgIpc) is 0.763. The fourth-order valence-electron chi connectivity index (χ4n) is 18.6. The van der Waals surface area contributed by atoms with Crippen LogP contribution in [0.5, 0.6) is 0 Å². The van der Waals surface area contributed by atoms with E-state index in [1.807, 2.05) is 0 Å². The molecule has 4 heterocycles. The first-order valence-corrected chi connectivity index (χ1v) is 41.7. The van der Waals surface area contributed by atoms with Crippen molar-refractivity contribution in [2.75, 3.05) is 9.80 Å². The molecule has 4 nitrogen and oxygen atoms in total. The Kier molecular flexibility index (Phi) is 18.2. The standard InChI is InChI=1S/C109H113BN4/c1-103(2,3)66-69-54-100-102-101(55-69)114(97-65-87(71-35-31-39-77(57-71)107(13,14)15)75(68-105(7,8)9)61-89(97)73-37-33-41-79(59-73)109(19,20)21)99-63-81(112-94-48-28-24-44-84(94)85-45-25-29-49-95(85)112)51-53-91(99)110(102)90-52-50-80(111-92-46-26-22-42-82(92)83-43-23-27-47-93(83)111)62-98(90)113(100)96-64-86(70-34-30-38-76(56-70)106(10,11)12)74(67-104(4,5)6)60-88(96)72-36-32-40-78(58-72)108(16,17)18/h22-65H,66-68H2,1-21H3. The number of anilines is 6. The minimum absolute atomic E-state index is 0.0453. The van der Waals surface area contributed by atoms with Crippen LogP contribution in [0, 0.1) is 16.2 Å². The van der Waals surface area contributed by atoms with Crippen molar-refractivity contribution in [3.8, 4) is 55.9 Å². The van der Waals surface area contributed by atoms with Crippen LogP contribution in [0.4, 0.5) is 34.1 Å². The summed E-state index contributed by atoms with van der Waals surface area (Å²) in [7, 11) is 0. The summed E-state index contributed by atoms with van der Waals surface area (Å²) >= 11 is 0. The molecule has 0 bridgehead atoms. The van der Waals surface area contributed by atoms with Crippen LogP contribution >= 0.6 is 0 Å². The molecule has 5 heteroatoms. The molecule has 0 spiro atoms. The normalized spacial score (nSPS) is 13.5. The van der Waals surface area contributed by atoms with E-state index in [9.17, 15) is 0 Å². The highest BCUT2D eigenvalue weighted by atomic mass is 15.2. The third kappa shape index (κ3) is 13.9. The molecule has 17 rings (SSSR count). The van der Waals surface area contributed by atoms with E-state index in [1.165, 1.54) is 155 Å². The maximum absolute atomic E-state index is 2.78. The Morgan fingerprint density at radius 3 is 0.842 bits per heavy atom. The van der Waals surface area contributed by atoms with Crippen LogP contribution in [-0.4, -0.2) is 15.8 Å². The van der Waals surface area contributed by atoms with Crippen LogP contribution in [0.3, 0.4) is 0 Å². The Morgan fingerprint density at radius 1 is 0.246 bits per heavy atom. The Morgan fingerprint density at radius 2 is 0.544 bits per heavy atom. The van der Waals surface area contributed by atoms with Gasteiger partial charge in [-0.05, 0) is 231 Å². The SMILES string of the molecule is CC(C)(C)Cc1cc2c3c(c1)N(c1cc(-c4cccc(C(C)(C)C)c4)c(CC(C)(C)C)cc1-c1cccc(C(C)(C)C)c1)c1cc(-n4c5ccccc5c5ccccc54)ccc1B3c1ccc(-n3c4ccccc4c4ccccc43)cc1N2c1cc(-c2cccc(C(C)(C)C)c2)c(CC(C)(C)C)cc1-c1cccc(C(C)(C)C)c1. The summed E-state index contributed by atoms with van der Waals surface area (Å²) in [6.45, 7) is 49.8. The highest BCUT2D eigenvalue weighted by molar-refractivity contribution is 7.00. The van der Waals surface area contributed by atoms with Crippen molar-refractivity contribution < 1.29 is 0 Å². The lowest BCUT2D eigenvalue weighted by Gasteiger charge is -2.46. The molecule has 0 fully saturated rings. The molecule has 0 saturated carbocycles. The molecule has 0 amide bonds.